The third-order valence-corrected chi connectivity index (χ3v) is 4.03. The third-order valence-electron chi connectivity index (χ3n) is 4.03. The summed E-state index contributed by atoms with van der Waals surface area (Å²) in [6, 6.07) is 5.19. The molecule has 0 saturated carbocycles. The molecule has 2 N–H and O–H groups in total. The number of hydrogen-bond acceptors (Lipinski definition) is 7. The van der Waals surface area contributed by atoms with Crippen molar-refractivity contribution < 1.29 is 33.3 Å². The number of esters is 1. The molecular weight excluding hydrogens is 392 g/mol. The Hall–Kier alpha value is -2.97. The summed E-state index contributed by atoms with van der Waals surface area (Å²) in [5.74, 6) is 0.408. The summed E-state index contributed by atoms with van der Waals surface area (Å²) in [4.78, 5) is 35.3. The molecule has 1 atom stereocenters. The van der Waals surface area contributed by atoms with Gasteiger partial charge < -0.3 is 29.6 Å². The molecule has 0 aromatic heterocycles. The van der Waals surface area contributed by atoms with E-state index in [4.69, 9.17) is 18.9 Å². The van der Waals surface area contributed by atoms with Crippen LogP contribution < -0.4 is 20.1 Å². The van der Waals surface area contributed by atoms with Crippen LogP contribution in [0.25, 0.3) is 0 Å². The monoisotopic (exact) mass is 422 g/mol. The maximum absolute atomic E-state index is 12.1. The zero-order chi connectivity index (χ0) is 22.1. The van der Waals surface area contributed by atoms with Crippen molar-refractivity contribution in [3.05, 3.63) is 23.8 Å². The lowest BCUT2D eigenvalue weighted by Crippen LogP contribution is -2.33. The van der Waals surface area contributed by atoms with Gasteiger partial charge in [-0.1, -0.05) is 6.07 Å². The quantitative estimate of drug-likeness (QED) is 0.489. The van der Waals surface area contributed by atoms with Gasteiger partial charge >= 0.3 is 12.1 Å². The molecule has 1 aliphatic rings. The first kappa shape index (κ1) is 23.3. The van der Waals surface area contributed by atoms with Crippen molar-refractivity contribution in [3.8, 4) is 11.5 Å². The molecule has 0 aliphatic carbocycles. The Morgan fingerprint density at radius 3 is 2.53 bits per heavy atom. The summed E-state index contributed by atoms with van der Waals surface area (Å²) < 4.78 is 21.1. The average molecular weight is 422 g/mol. The third kappa shape index (κ3) is 8.18. The maximum atomic E-state index is 12.1. The number of fused-ring (bicyclic) bond motifs is 1. The first-order chi connectivity index (χ1) is 14.1. The molecule has 30 heavy (non-hydrogen) atoms. The second-order valence-corrected chi connectivity index (χ2v) is 7.89. The molecule has 0 radical (unpaired) electrons. The second-order valence-electron chi connectivity index (χ2n) is 7.89. The number of amides is 2. The highest BCUT2D eigenvalue weighted by molar-refractivity contribution is 5.80. The molecule has 0 spiro atoms. The number of hydrogen-bond donors (Lipinski definition) is 2. The first-order valence-electron chi connectivity index (χ1n) is 9.95. The maximum Gasteiger partial charge on any atom is 0.407 e. The highest BCUT2D eigenvalue weighted by atomic mass is 16.6. The van der Waals surface area contributed by atoms with E-state index in [1.54, 1.807) is 26.8 Å². The molecule has 2 amide bonds. The fourth-order valence-electron chi connectivity index (χ4n) is 2.65. The fourth-order valence-corrected chi connectivity index (χ4v) is 2.65. The van der Waals surface area contributed by atoms with E-state index in [0.29, 0.717) is 31.1 Å². The van der Waals surface area contributed by atoms with E-state index in [1.807, 2.05) is 19.1 Å². The van der Waals surface area contributed by atoms with Crippen molar-refractivity contribution in [1.29, 1.82) is 0 Å². The SMILES string of the molecule is C[C@@H](NC(=O)COC(=O)CCCNC(=O)OC(C)(C)C)c1ccc2c(c1)OCCO2. The summed E-state index contributed by atoms with van der Waals surface area (Å²) in [7, 11) is 0. The minimum atomic E-state index is -0.576. The van der Waals surface area contributed by atoms with E-state index in [9.17, 15) is 14.4 Å². The Morgan fingerprint density at radius 2 is 1.83 bits per heavy atom. The van der Waals surface area contributed by atoms with E-state index in [2.05, 4.69) is 10.6 Å². The molecule has 1 aliphatic heterocycles. The lowest BCUT2D eigenvalue weighted by Gasteiger charge is -2.21. The molecule has 9 nitrogen and oxygen atoms in total. The molecule has 1 aromatic rings. The van der Waals surface area contributed by atoms with Crippen molar-refractivity contribution >= 4 is 18.0 Å². The predicted octanol–water partition coefficient (Wildman–Crippen LogP) is 2.48. The van der Waals surface area contributed by atoms with E-state index >= 15 is 0 Å². The Labute approximate surface area is 176 Å². The van der Waals surface area contributed by atoms with E-state index in [-0.39, 0.29) is 25.6 Å². The van der Waals surface area contributed by atoms with Crippen LogP contribution in [0.5, 0.6) is 11.5 Å². The van der Waals surface area contributed by atoms with Gasteiger partial charge in [-0.05, 0) is 51.8 Å². The highest BCUT2D eigenvalue weighted by Crippen LogP contribution is 2.32. The number of benzene rings is 1. The Bertz CT molecular complexity index is 758. The number of carbonyl (C=O) groups is 3. The fraction of sp³-hybridized carbons (Fsp3) is 0.571. The molecule has 9 heteroatoms. The molecule has 2 rings (SSSR count). The summed E-state index contributed by atoms with van der Waals surface area (Å²) >= 11 is 0. The van der Waals surface area contributed by atoms with Gasteiger partial charge in [0.2, 0.25) is 0 Å². The van der Waals surface area contributed by atoms with Gasteiger partial charge in [0.15, 0.2) is 18.1 Å². The van der Waals surface area contributed by atoms with Gasteiger partial charge in [-0.3, -0.25) is 9.59 Å². The minimum absolute atomic E-state index is 0.0841. The zero-order valence-electron chi connectivity index (χ0n) is 17.9. The van der Waals surface area contributed by atoms with Crippen LogP contribution in [0, 0.1) is 0 Å². The van der Waals surface area contributed by atoms with Crippen LogP contribution in [0.1, 0.15) is 52.1 Å². The van der Waals surface area contributed by atoms with Crippen LogP contribution in [0.3, 0.4) is 0 Å². The van der Waals surface area contributed by atoms with Gasteiger partial charge in [0, 0.05) is 13.0 Å². The summed E-state index contributed by atoms with van der Waals surface area (Å²) in [6.07, 6.45) is -0.0722. The van der Waals surface area contributed by atoms with Gasteiger partial charge in [-0.15, -0.1) is 0 Å². The van der Waals surface area contributed by atoms with Crippen LogP contribution in [0.15, 0.2) is 18.2 Å². The van der Waals surface area contributed by atoms with Crippen molar-refractivity contribution in [2.24, 2.45) is 0 Å². The van der Waals surface area contributed by atoms with Gasteiger partial charge in [0.05, 0.1) is 6.04 Å². The van der Waals surface area contributed by atoms with Gasteiger partial charge in [0.1, 0.15) is 18.8 Å². The van der Waals surface area contributed by atoms with Crippen molar-refractivity contribution in [1.82, 2.24) is 10.6 Å². The standard InChI is InChI=1S/C21H30N2O7/c1-14(15-7-8-16-17(12-15)28-11-10-27-16)23-18(24)13-29-19(25)6-5-9-22-20(26)30-21(2,3)4/h7-8,12,14H,5-6,9-11,13H2,1-4H3,(H,22,26)(H,23,24)/t14-/m1/s1. The topological polar surface area (TPSA) is 112 Å². The molecular formula is C21H30N2O7. The number of rotatable bonds is 8. The summed E-state index contributed by atoms with van der Waals surface area (Å²) in [5, 5.41) is 5.33. The Balaban J connectivity index is 1.64. The lowest BCUT2D eigenvalue weighted by atomic mass is 10.1. The largest absolute Gasteiger partial charge is 0.486 e. The van der Waals surface area contributed by atoms with Gasteiger partial charge in [-0.2, -0.15) is 0 Å². The molecule has 0 bridgehead atoms. The van der Waals surface area contributed by atoms with Crippen molar-refractivity contribution in [2.75, 3.05) is 26.4 Å². The van der Waals surface area contributed by atoms with Crippen LogP contribution in [0.4, 0.5) is 4.79 Å². The van der Waals surface area contributed by atoms with E-state index in [0.717, 1.165) is 5.56 Å². The normalized spacial score (nSPS) is 13.7. The molecule has 1 aromatic carbocycles. The van der Waals surface area contributed by atoms with E-state index < -0.39 is 23.6 Å². The first-order valence-corrected chi connectivity index (χ1v) is 9.95. The number of carbonyl (C=O) groups excluding carboxylic acids is 3. The Morgan fingerprint density at radius 1 is 1.13 bits per heavy atom. The number of alkyl carbamates (subject to hydrolysis) is 1. The zero-order valence-corrected chi connectivity index (χ0v) is 17.9. The van der Waals surface area contributed by atoms with Crippen molar-refractivity contribution in [3.63, 3.8) is 0 Å². The molecule has 166 valence electrons. The molecule has 0 saturated heterocycles. The average Bonchev–Trinajstić information content (AvgIpc) is 2.68. The van der Waals surface area contributed by atoms with Gasteiger partial charge in [0.25, 0.3) is 5.91 Å². The van der Waals surface area contributed by atoms with Crippen LogP contribution in [0.2, 0.25) is 0 Å². The smallest absolute Gasteiger partial charge is 0.407 e. The minimum Gasteiger partial charge on any atom is -0.486 e. The molecule has 1 heterocycles. The van der Waals surface area contributed by atoms with Crippen molar-refractivity contribution in [2.45, 2.75) is 52.2 Å². The predicted molar refractivity (Wildman–Crippen MR) is 108 cm³/mol. The summed E-state index contributed by atoms with van der Waals surface area (Å²) in [5.41, 5.74) is 0.278. The van der Waals surface area contributed by atoms with Crippen LogP contribution in [-0.4, -0.2) is 49.9 Å². The highest BCUT2D eigenvalue weighted by Gasteiger charge is 2.17. The lowest BCUT2D eigenvalue weighted by molar-refractivity contribution is -0.148. The van der Waals surface area contributed by atoms with Gasteiger partial charge in [-0.25, -0.2) is 4.79 Å². The second kappa shape index (κ2) is 10.7. The number of ether oxygens (including phenoxy) is 4. The number of nitrogens with one attached hydrogen (secondary N) is 2. The Kier molecular flexibility index (Phi) is 8.32. The van der Waals surface area contributed by atoms with Crippen LogP contribution >= 0.6 is 0 Å². The van der Waals surface area contributed by atoms with Crippen LogP contribution in [-0.2, 0) is 19.1 Å². The summed E-state index contributed by atoms with van der Waals surface area (Å²) in [6.45, 7) is 8.04. The van der Waals surface area contributed by atoms with E-state index in [1.165, 1.54) is 0 Å². The molecule has 0 unspecified atom stereocenters. The molecule has 0 fully saturated rings.